The summed E-state index contributed by atoms with van der Waals surface area (Å²) in [6.45, 7) is 0.205. The fourth-order valence-corrected chi connectivity index (χ4v) is 0.484. The van der Waals surface area contributed by atoms with Crippen molar-refractivity contribution in [2.75, 3.05) is 18.5 Å². The normalized spacial score (nSPS) is 10.2. The zero-order chi connectivity index (χ0) is 7.82. The van der Waals surface area contributed by atoms with Crippen molar-refractivity contribution >= 4 is 21.9 Å². The number of aliphatic hydroxyl groups is 1. The van der Waals surface area contributed by atoms with Crippen LogP contribution in [0.3, 0.4) is 0 Å². The summed E-state index contributed by atoms with van der Waals surface area (Å²) in [6, 6.07) is 0. The molecule has 0 spiro atoms. The van der Waals surface area contributed by atoms with E-state index in [-0.39, 0.29) is 24.5 Å². The van der Waals surface area contributed by atoms with Crippen LogP contribution in [0.4, 0.5) is 0 Å². The summed E-state index contributed by atoms with van der Waals surface area (Å²) < 4.78 is 4.61. The molecule has 0 unspecified atom stereocenters. The Labute approximate surface area is 67.8 Å². The van der Waals surface area contributed by atoms with E-state index >= 15 is 0 Å². The number of carbonyl (C=O) groups excluding carboxylic acids is 1. The van der Waals surface area contributed by atoms with E-state index in [1.165, 1.54) is 6.08 Å². The second-order valence-electron chi connectivity index (χ2n) is 1.47. The molecule has 0 radical (unpaired) electrons. The minimum Gasteiger partial charge on any atom is -0.461 e. The van der Waals surface area contributed by atoms with Gasteiger partial charge in [0.2, 0.25) is 0 Å². The molecule has 0 atom stereocenters. The van der Waals surface area contributed by atoms with Crippen LogP contribution in [0.25, 0.3) is 0 Å². The molecule has 10 heavy (non-hydrogen) atoms. The first-order valence-corrected chi connectivity index (χ1v) is 3.91. The van der Waals surface area contributed by atoms with E-state index in [0.717, 1.165) is 0 Å². The number of hydrogen-bond donors (Lipinski definition) is 1. The van der Waals surface area contributed by atoms with Crippen LogP contribution >= 0.6 is 15.9 Å². The van der Waals surface area contributed by atoms with E-state index in [4.69, 9.17) is 5.11 Å². The van der Waals surface area contributed by atoms with Crippen LogP contribution in [0.2, 0.25) is 0 Å². The van der Waals surface area contributed by atoms with Crippen molar-refractivity contribution in [2.45, 2.75) is 0 Å². The highest BCUT2D eigenvalue weighted by Crippen LogP contribution is 1.85. The summed E-state index contributed by atoms with van der Waals surface area (Å²) in [4.78, 5) is 10.4. The van der Waals surface area contributed by atoms with Crippen LogP contribution in [0.15, 0.2) is 12.2 Å². The largest absolute Gasteiger partial charge is 0.461 e. The molecule has 0 aliphatic carbocycles. The highest BCUT2D eigenvalue weighted by Gasteiger charge is 1.94. The van der Waals surface area contributed by atoms with Gasteiger partial charge in [-0.2, -0.15) is 0 Å². The summed E-state index contributed by atoms with van der Waals surface area (Å²) in [7, 11) is 0. The maximum Gasteiger partial charge on any atom is 0.316 e. The van der Waals surface area contributed by atoms with Crippen molar-refractivity contribution in [1.82, 2.24) is 0 Å². The Morgan fingerprint density at radius 1 is 1.60 bits per heavy atom. The summed E-state index contributed by atoms with van der Waals surface area (Å²) >= 11 is 2.94. The highest BCUT2D eigenvalue weighted by molar-refractivity contribution is 9.09. The molecule has 58 valence electrons. The van der Waals surface area contributed by atoms with Crippen LogP contribution in [-0.2, 0) is 9.53 Å². The van der Waals surface area contributed by atoms with Gasteiger partial charge in [-0.15, -0.1) is 0 Å². The molecule has 0 aliphatic rings. The van der Waals surface area contributed by atoms with Crippen LogP contribution in [0, 0.1) is 0 Å². The van der Waals surface area contributed by atoms with Gasteiger partial charge in [0.15, 0.2) is 0 Å². The number of alkyl halides is 1. The third-order valence-corrected chi connectivity index (χ3v) is 1.18. The zero-order valence-electron chi connectivity index (χ0n) is 5.42. The fraction of sp³-hybridized carbons (Fsp3) is 0.500. The summed E-state index contributed by atoms with van der Waals surface area (Å²) in [6.07, 6.45) is 3.10. The number of aliphatic hydroxyl groups excluding tert-OH is 1. The lowest BCUT2D eigenvalue weighted by atomic mass is 10.5. The van der Waals surface area contributed by atoms with Gasteiger partial charge in [0.05, 0.1) is 6.61 Å². The first-order chi connectivity index (χ1) is 4.81. The topological polar surface area (TPSA) is 46.5 Å². The molecule has 0 rings (SSSR count). The summed E-state index contributed by atoms with van der Waals surface area (Å²) in [5.41, 5.74) is 0. The lowest BCUT2D eigenvalue weighted by Gasteiger charge is -1.95. The number of ether oxygens (including phenoxy) is 1. The second kappa shape index (κ2) is 6.77. The fourth-order valence-electron chi connectivity index (χ4n) is 0.322. The molecule has 4 heteroatoms. The highest BCUT2D eigenvalue weighted by atomic mass is 79.9. The average Bonchev–Trinajstić information content (AvgIpc) is 1.98. The van der Waals surface area contributed by atoms with Crippen LogP contribution in [-0.4, -0.2) is 29.6 Å². The van der Waals surface area contributed by atoms with Gasteiger partial charge in [-0.05, 0) is 6.08 Å². The van der Waals surface area contributed by atoms with Crippen molar-refractivity contribution in [3.8, 4) is 0 Å². The molecule has 3 nitrogen and oxygen atoms in total. The molecule has 0 amide bonds. The molecule has 1 N–H and O–H groups in total. The molecule has 0 fully saturated rings. The van der Waals surface area contributed by atoms with E-state index < -0.39 is 0 Å². The van der Waals surface area contributed by atoms with E-state index in [1.54, 1.807) is 6.08 Å². The van der Waals surface area contributed by atoms with Gasteiger partial charge in [0, 0.05) is 0 Å². The summed E-state index contributed by atoms with van der Waals surface area (Å²) in [5, 5.41) is 8.46. The molecule has 0 saturated carbocycles. The molecule has 0 saturated heterocycles. The predicted molar refractivity (Wildman–Crippen MR) is 41.0 cm³/mol. The Morgan fingerprint density at radius 3 is 2.80 bits per heavy atom. The van der Waals surface area contributed by atoms with Crippen molar-refractivity contribution in [2.24, 2.45) is 0 Å². The second-order valence-corrected chi connectivity index (χ2v) is 2.03. The van der Waals surface area contributed by atoms with Gasteiger partial charge in [0.1, 0.15) is 11.9 Å². The van der Waals surface area contributed by atoms with E-state index in [9.17, 15) is 4.79 Å². The Bertz CT molecular complexity index is 122. The van der Waals surface area contributed by atoms with Crippen molar-refractivity contribution in [3.05, 3.63) is 12.2 Å². The molecule has 0 aromatic carbocycles. The van der Waals surface area contributed by atoms with E-state index in [1.807, 2.05) is 0 Å². The average molecular weight is 209 g/mol. The monoisotopic (exact) mass is 208 g/mol. The smallest absolute Gasteiger partial charge is 0.316 e. The molecule has 0 aliphatic heterocycles. The maximum absolute atomic E-state index is 10.4. The number of rotatable bonds is 4. The number of hydrogen-bond acceptors (Lipinski definition) is 3. The van der Waals surface area contributed by atoms with E-state index in [2.05, 4.69) is 20.7 Å². The van der Waals surface area contributed by atoms with Gasteiger partial charge >= 0.3 is 5.97 Å². The SMILES string of the molecule is O=C(CBr)OC/C=C/CO. The van der Waals surface area contributed by atoms with Crippen molar-refractivity contribution in [3.63, 3.8) is 0 Å². The van der Waals surface area contributed by atoms with Gasteiger partial charge in [-0.3, -0.25) is 4.79 Å². The van der Waals surface area contributed by atoms with Crippen molar-refractivity contribution < 1.29 is 14.6 Å². The first kappa shape index (κ1) is 9.65. The van der Waals surface area contributed by atoms with Crippen LogP contribution in [0.1, 0.15) is 0 Å². The van der Waals surface area contributed by atoms with E-state index in [0.29, 0.717) is 0 Å². The molecule has 0 heterocycles. The summed E-state index contributed by atoms with van der Waals surface area (Å²) in [5.74, 6) is -0.303. The minimum absolute atomic E-state index is 0.0220. The predicted octanol–water partition coefficient (Wildman–Crippen LogP) is 0.473. The molecule has 0 aromatic heterocycles. The number of carbonyl (C=O) groups is 1. The Balaban J connectivity index is 3.19. The third kappa shape index (κ3) is 5.78. The first-order valence-electron chi connectivity index (χ1n) is 2.78. The van der Waals surface area contributed by atoms with Gasteiger partial charge in [-0.25, -0.2) is 0 Å². The Hall–Kier alpha value is -0.350. The molecule has 0 bridgehead atoms. The standard InChI is InChI=1S/C6H9BrO3/c7-5-6(9)10-4-2-1-3-8/h1-2,8H,3-5H2/b2-1+. The Morgan fingerprint density at radius 2 is 2.30 bits per heavy atom. The molecular weight excluding hydrogens is 200 g/mol. The van der Waals surface area contributed by atoms with Gasteiger partial charge < -0.3 is 9.84 Å². The zero-order valence-corrected chi connectivity index (χ0v) is 7.00. The quantitative estimate of drug-likeness (QED) is 0.416. The lowest BCUT2D eigenvalue weighted by Crippen LogP contribution is -2.04. The van der Waals surface area contributed by atoms with Crippen LogP contribution in [0.5, 0.6) is 0 Å². The van der Waals surface area contributed by atoms with Gasteiger partial charge in [0.25, 0.3) is 0 Å². The van der Waals surface area contributed by atoms with Crippen molar-refractivity contribution in [1.29, 1.82) is 0 Å². The number of halogens is 1. The maximum atomic E-state index is 10.4. The minimum atomic E-state index is -0.303. The lowest BCUT2D eigenvalue weighted by molar-refractivity contribution is -0.139. The molecule has 0 aromatic rings. The van der Waals surface area contributed by atoms with Gasteiger partial charge in [-0.1, -0.05) is 22.0 Å². The Kier molecular flexibility index (Phi) is 6.53. The molecular formula is C6H9BrO3. The van der Waals surface area contributed by atoms with Crippen LogP contribution < -0.4 is 0 Å². The number of esters is 1. The third-order valence-electron chi connectivity index (χ3n) is 0.722.